The zero-order valence-electron chi connectivity index (χ0n) is 10.8. The molecule has 0 aliphatic carbocycles. The monoisotopic (exact) mass is 248 g/mol. The highest BCUT2D eigenvalue weighted by atomic mass is 16.5. The Morgan fingerprint density at radius 2 is 2.11 bits per heavy atom. The number of carboxylic acids is 1. The zero-order valence-corrected chi connectivity index (χ0v) is 10.8. The first kappa shape index (κ1) is 14.5. The number of benzene rings is 1. The van der Waals surface area contributed by atoms with Crippen LogP contribution in [0.1, 0.15) is 37.3 Å². The van der Waals surface area contributed by atoms with Crippen molar-refractivity contribution in [2.75, 3.05) is 6.61 Å². The van der Waals surface area contributed by atoms with Crippen molar-refractivity contribution in [3.63, 3.8) is 0 Å². The Labute approximate surface area is 108 Å². The van der Waals surface area contributed by atoms with E-state index < -0.39 is 5.97 Å². The molecule has 0 saturated carbocycles. The van der Waals surface area contributed by atoms with Gasteiger partial charge in [-0.05, 0) is 23.6 Å². The maximum Gasteiger partial charge on any atom is 0.328 e. The van der Waals surface area contributed by atoms with Crippen LogP contribution in [0.3, 0.4) is 0 Å². The van der Waals surface area contributed by atoms with Crippen LogP contribution in [0.25, 0.3) is 6.08 Å². The molecule has 1 aromatic carbocycles. The van der Waals surface area contributed by atoms with Gasteiger partial charge in [-0.2, -0.15) is 0 Å². The zero-order chi connectivity index (χ0) is 13.2. The van der Waals surface area contributed by atoms with E-state index in [2.05, 4.69) is 6.92 Å². The first-order valence-corrected chi connectivity index (χ1v) is 6.30. The van der Waals surface area contributed by atoms with Crippen molar-refractivity contribution in [1.29, 1.82) is 0 Å². The first-order chi connectivity index (χ1) is 8.74. The molecule has 0 fully saturated rings. The van der Waals surface area contributed by atoms with Crippen LogP contribution in [0.5, 0.6) is 0 Å². The molecule has 0 spiro atoms. The number of ether oxygens (including phenoxy) is 1. The second-order valence-corrected chi connectivity index (χ2v) is 4.13. The second kappa shape index (κ2) is 8.48. The van der Waals surface area contributed by atoms with Crippen molar-refractivity contribution in [2.24, 2.45) is 0 Å². The Balaban J connectivity index is 2.51. The highest BCUT2D eigenvalue weighted by molar-refractivity contribution is 5.85. The molecule has 0 radical (unpaired) electrons. The molecule has 1 aromatic rings. The lowest BCUT2D eigenvalue weighted by Crippen LogP contribution is -1.97. The van der Waals surface area contributed by atoms with Crippen molar-refractivity contribution in [3.8, 4) is 0 Å². The predicted octanol–water partition coefficient (Wildman–Crippen LogP) is 3.49. The minimum Gasteiger partial charge on any atom is -0.478 e. The minimum absolute atomic E-state index is 0.532. The van der Waals surface area contributed by atoms with E-state index in [1.165, 1.54) is 12.8 Å². The van der Waals surface area contributed by atoms with Gasteiger partial charge in [-0.3, -0.25) is 0 Å². The lowest BCUT2D eigenvalue weighted by molar-refractivity contribution is -0.131. The van der Waals surface area contributed by atoms with E-state index in [-0.39, 0.29) is 0 Å². The highest BCUT2D eigenvalue weighted by Gasteiger charge is 1.99. The van der Waals surface area contributed by atoms with E-state index in [4.69, 9.17) is 9.84 Å². The third kappa shape index (κ3) is 5.64. The van der Waals surface area contributed by atoms with Crippen LogP contribution in [0, 0.1) is 0 Å². The van der Waals surface area contributed by atoms with Gasteiger partial charge < -0.3 is 9.84 Å². The third-order valence-electron chi connectivity index (χ3n) is 2.61. The molecule has 0 bridgehead atoms. The smallest absolute Gasteiger partial charge is 0.328 e. The summed E-state index contributed by atoms with van der Waals surface area (Å²) in [5.41, 5.74) is 1.92. The summed E-state index contributed by atoms with van der Waals surface area (Å²) in [6, 6.07) is 7.68. The van der Waals surface area contributed by atoms with Gasteiger partial charge in [0, 0.05) is 12.7 Å². The topological polar surface area (TPSA) is 46.5 Å². The molecule has 1 N–H and O–H groups in total. The summed E-state index contributed by atoms with van der Waals surface area (Å²) in [6.07, 6.45) is 6.19. The molecule has 0 amide bonds. The second-order valence-electron chi connectivity index (χ2n) is 4.13. The quantitative estimate of drug-likeness (QED) is 0.566. The van der Waals surface area contributed by atoms with Crippen molar-refractivity contribution >= 4 is 12.0 Å². The molecule has 18 heavy (non-hydrogen) atoms. The number of hydrogen-bond donors (Lipinski definition) is 1. The fraction of sp³-hybridized carbons (Fsp3) is 0.400. The van der Waals surface area contributed by atoms with Crippen molar-refractivity contribution in [1.82, 2.24) is 0 Å². The molecule has 0 heterocycles. The number of carboxylic acid groups (broad SMARTS) is 1. The van der Waals surface area contributed by atoms with Crippen LogP contribution in [0.2, 0.25) is 0 Å². The van der Waals surface area contributed by atoms with E-state index in [0.29, 0.717) is 6.61 Å². The maximum absolute atomic E-state index is 10.5. The average molecular weight is 248 g/mol. The van der Waals surface area contributed by atoms with Crippen molar-refractivity contribution in [2.45, 2.75) is 32.8 Å². The molecule has 1 rings (SSSR count). The van der Waals surface area contributed by atoms with E-state index >= 15 is 0 Å². The molecule has 0 aromatic heterocycles. The van der Waals surface area contributed by atoms with Crippen LogP contribution in [-0.4, -0.2) is 17.7 Å². The van der Waals surface area contributed by atoms with E-state index in [1.54, 1.807) is 6.08 Å². The van der Waals surface area contributed by atoms with Crippen LogP contribution in [-0.2, 0) is 16.1 Å². The Hall–Kier alpha value is -1.61. The van der Waals surface area contributed by atoms with Crippen LogP contribution >= 0.6 is 0 Å². The molecule has 0 saturated heterocycles. The fourth-order valence-corrected chi connectivity index (χ4v) is 1.63. The predicted molar refractivity (Wildman–Crippen MR) is 72.3 cm³/mol. The molecule has 0 unspecified atom stereocenters. The normalized spacial score (nSPS) is 10.9. The van der Waals surface area contributed by atoms with Crippen LogP contribution in [0.15, 0.2) is 30.3 Å². The van der Waals surface area contributed by atoms with Crippen LogP contribution < -0.4 is 0 Å². The Kier molecular flexibility index (Phi) is 6.81. The lowest BCUT2D eigenvalue weighted by atomic mass is 10.1. The first-order valence-electron chi connectivity index (χ1n) is 6.30. The van der Waals surface area contributed by atoms with Gasteiger partial charge in [0.05, 0.1) is 6.61 Å². The third-order valence-corrected chi connectivity index (χ3v) is 2.61. The summed E-state index contributed by atoms with van der Waals surface area (Å²) in [6.45, 7) is 3.45. The number of unbranched alkanes of at least 4 members (excludes halogenated alkanes) is 2. The Morgan fingerprint density at radius 1 is 1.33 bits per heavy atom. The molecule has 98 valence electrons. The summed E-state index contributed by atoms with van der Waals surface area (Å²) < 4.78 is 5.59. The highest BCUT2D eigenvalue weighted by Crippen LogP contribution is 2.12. The molecule has 3 nitrogen and oxygen atoms in total. The van der Waals surface area contributed by atoms with Gasteiger partial charge in [0.1, 0.15) is 0 Å². The van der Waals surface area contributed by atoms with E-state index in [1.807, 2.05) is 24.3 Å². The fourth-order valence-electron chi connectivity index (χ4n) is 1.63. The van der Waals surface area contributed by atoms with Crippen LogP contribution in [0.4, 0.5) is 0 Å². The number of hydrogen-bond acceptors (Lipinski definition) is 2. The minimum atomic E-state index is -0.936. The van der Waals surface area contributed by atoms with E-state index in [0.717, 1.165) is 30.2 Å². The molecule has 0 aliphatic heterocycles. The van der Waals surface area contributed by atoms with Gasteiger partial charge in [0.15, 0.2) is 0 Å². The summed E-state index contributed by atoms with van der Waals surface area (Å²) >= 11 is 0. The molecular weight excluding hydrogens is 228 g/mol. The van der Waals surface area contributed by atoms with Gasteiger partial charge in [-0.15, -0.1) is 0 Å². The molecule has 0 aliphatic rings. The van der Waals surface area contributed by atoms with Crippen molar-refractivity contribution < 1.29 is 14.6 Å². The summed E-state index contributed by atoms with van der Waals surface area (Å²) in [5.74, 6) is -0.936. The SMILES string of the molecule is CCCCCOCc1ccccc1C=CC(=O)O. The number of carbonyl (C=O) groups is 1. The number of aliphatic carboxylic acids is 1. The Bertz CT molecular complexity index is 396. The van der Waals surface area contributed by atoms with Gasteiger partial charge in [0.2, 0.25) is 0 Å². The molecule has 3 heteroatoms. The van der Waals surface area contributed by atoms with Gasteiger partial charge in [-0.25, -0.2) is 4.79 Å². The van der Waals surface area contributed by atoms with Gasteiger partial charge in [0.25, 0.3) is 0 Å². The van der Waals surface area contributed by atoms with Gasteiger partial charge in [-0.1, -0.05) is 44.0 Å². The van der Waals surface area contributed by atoms with Crippen molar-refractivity contribution in [3.05, 3.63) is 41.5 Å². The standard InChI is InChI=1S/C15H20O3/c1-2-3-6-11-18-12-14-8-5-4-7-13(14)9-10-15(16)17/h4-5,7-10H,2-3,6,11-12H2,1H3,(H,16,17). The maximum atomic E-state index is 10.5. The van der Waals surface area contributed by atoms with Gasteiger partial charge >= 0.3 is 5.97 Å². The summed E-state index contributed by atoms with van der Waals surface area (Å²) in [4.78, 5) is 10.5. The summed E-state index contributed by atoms with van der Waals surface area (Å²) in [7, 11) is 0. The largest absolute Gasteiger partial charge is 0.478 e. The summed E-state index contributed by atoms with van der Waals surface area (Å²) in [5, 5.41) is 8.62. The Morgan fingerprint density at radius 3 is 2.83 bits per heavy atom. The average Bonchev–Trinajstić information content (AvgIpc) is 2.37. The molecular formula is C15H20O3. The number of rotatable bonds is 8. The molecule has 0 atom stereocenters. The van der Waals surface area contributed by atoms with E-state index in [9.17, 15) is 4.79 Å². The lowest BCUT2D eigenvalue weighted by Gasteiger charge is -2.07.